The van der Waals surface area contributed by atoms with Crippen molar-refractivity contribution in [3.8, 4) is 11.5 Å². The number of hydrogen-bond donors (Lipinski definition) is 2. The standard InChI is InChI=1S/C20H15N3O2/c24-20(17-13-14-7-6-12-21-19(14)22-17)23-16-10-4-5-11-18(16)25-15-8-2-1-3-9-15/h1-13H,(H,21,22)(H,23,24). The van der Waals surface area contributed by atoms with Gasteiger partial charge in [0.25, 0.3) is 5.91 Å². The maximum absolute atomic E-state index is 12.6. The van der Waals surface area contributed by atoms with Crippen molar-refractivity contribution in [2.24, 2.45) is 0 Å². The van der Waals surface area contributed by atoms with Gasteiger partial charge in [0.15, 0.2) is 5.75 Å². The molecule has 25 heavy (non-hydrogen) atoms. The number of carbonyl (C=O) groups excluding carboxylic acids is 1. The molecule has 0 unspecified atom stereocenters. The van der Waals surface area contributed by atoms with E-state index in [0.717, 1.165) is 5.39 Å². The number of aromatic nitrogens is 2. The highest BCUT2D eigenvalue weighted by molar-refractivity contribution is 6.06. The molecule has 2 aromatic heterocycles. The Morgan fingerprint density at radius 3 is 2.60 bits per heavy atom. The first-order chi connectivity index (χ1) is 12.3. The van der Waals surface area contributed by atoms with Crippen LogP contribution in [0.3, 0.4) is 0 Å². The highest BCUT2D eigenvalue weighted by Gasteiger charge is 2.13. The molecule has 0 bridgehead atoms. The smallest absolute Gasteiger partial charge is 0.272 e. The summed E-state index contributed by atoms with van der Waals surface area (Å²) in [6, 6.07) is 22.3. The second-order valence-corrected chi connectivity index (χ2v) is 5.49. The number of amides is 1. The topological polar surface area (TPSA) is 67.0 Å². The SMILES string of the molecule is O=C(Nc1ccccc1Oc1ccccc1)c1cc2cccnc2[nH]1. The van der Waals surface area contributed by atoms with Crippen LogP contribution in [0.25, 0.3) is 11.0 Å². The van der Waals surface area contributed by atoms with Crippen LogP contribution >= 0.6 is 0 Å². The number of benzene rings is 2. The summed E-state index contributed by atoms with van der Waals surface area (Å²) in [4.78, 5) is 19.8. The number of nitrogens with one attached hydrogen (secondary N) is 2. The largest absolute Gasteiger partial charge is 0.455 e. The van der Waals surface area contributed by atoms with Gasteiger partial charge in [0, 0.05) is 11.6 Å². The van der Waals surface area contributed by atoms with E-state index in [1.54, 1.807) is 18.3 Å². The fraction of sp³-hybridized carbons (Fsp3) is 0. The van der Waals surface area contributed by atoms with Gasteiger partial charge in [-0.15, -0.1) is 0 Å². The Balaban J connectivity index is 1.59. The van der Waals surface area contributed by atoms with E-state index in [9.17, 15) is 4.79 Å². The number of hydrogen-bond acceptors (Lipinski definition) is 3. The average Bonchev–Trinajstić information content (AvgIpc) is 3.09. The minimum Gasteiger partial charge on any atom is -0.455 e. The second kappa shape index (κ2) is 6.49. The summed E-state index contributed by atoms with van der Waals surface area (Å²) in [6.45, 7) is 0. The number of rotatable bonds is 4. The number of carbonyl (C=O) groups is 1. The van der Waals surface area contributed by atoms with Crippen LogP contribution in [0.15, 0.2) is 79.0 Å². The molecule has 0 fully saturated rings. The van der Waals surface area contributed by atoms with E-state index in [4.69, 9.17) is 4.74 Å². The summed E-state index contributed by atoms with van der Waals surface area (Å²) in [5.74, 6) is 1.04. The first-order valence-corrected chi connectivity index (χ1v) is 7.86. The van der Waals surface area contributed by atoms with Gasteiger partial charge >= 0.3 is 0 Å². The third-order valence-electron chi connectivity index (χ3n) is 3.74. The zero-order valence-corrected chi connectivity index (χ0v) is 13.3. The Hall–Kier alpha value is -3.60. The molecule has 0 saturated carbocycles. The molecule has 4 aromatic rings. The van der Waals surface area contributed by atoms with Crippen LogP contribution in [0.2, 0.25) is 0 Å². The number of fused-ring (bicyclic) bond motifs is 1. The number of nitrogens with zero attached hydrogens (tertiary/aromatic N) is 1. The molecule has 0 aliphatic carbocycles. The quantitative estimate of drug-likeness (QED) is 0.574. The van der Waals surface area contributed by atoms with Crippen LogP contribution in [0.5, 0.6) is 11.5 Å². The highest BCUT2D eigenvalue weighted by atomic mass is 16.5. The number of aromatic amines is 1. The third kappa shape index (κ3) is 3.21. The number of H-pyrrole nitrogens is 1. The molecule has 5 nitrogen and oxygen atoms in total. The lowest BCUT2D eigenvalue weighted by molar-refractivity contribution is 0.102. The van der Waals surface area contributed by atoms with Gasteiger partial charge in [-0.1, -0.05) is 30.3 Å². The third-order valence-corrected chi connectivity index (χ3v) is 3.74. The van der Waals surface area contributed by atoms with Crippen molar-refractivity contribution in [3.63, 3.8) is 0 Å². The van der Waals surface area contributed by atoms with Gasteiger partial charge in [0.2, 0.25) is 0 Å². The minimum absolute atomic E-state index is 0.248. The van der Waals surface area contributed by atoms with Crippen molar-refractivity contribution in [1.29, 1.82) is 0 Å². The van der Waals surface area contributed by atoms with Crippen LogP contribution in [0.1, 0.15) is 10.5 Å². The van der Waals surface area contributed by atoms with Gasteiger partial charge < -0.3 is 15.0 Å². The van der Waals surface area contributed by atoms with Crippen molar-refractivity contribution in [1.82, 2.24) is 9.97 Å². The van der Waals surface area contributed by atoms with E-state index in [0.29, 0.717) is 28.5 Å². The second-order valence-electron chi connectivity index (χ2n) is 5.49. The summed E-state index contributed by atoms with van der Waals surface area (Å²) in [7, 11) is 0. The van der Waals surface area contributed by atoms with Crippen LogP contribution in [0.4, 0.5) is 5.69 Å². The summed E-state index contributed by atoms with van der Waals surface area (Å²) in [5, 5.41) is 3.78. The lowest BCUT2D eigenvalue weighted by Gasteiger charge is -2.11. The number of pyridine rings is 1. The first kappa shape index (κ1) is 15.0. The predicted molar refractivity (Wildman–Crippen MR) is 97.0 cm³/mol. The monoisotopic (exact) mass is 329 g/mol. The molecule has 2 N–H and O–H groups in total. The fourth-order valence-corrected chi connectivity index (χ4v) is 2.54. The Morgan fingerprint density at radius 2 is 1.76 bits per heavy atom. The van der Waals surface area contributed by atoms with E-state index >= 15 is 0 Å². The average molecular weight is 329 g/mol. The molecule has 0 spiro atoms. The maximum Gasteiger partial charge on any atom is 0.272 e. The molecule has 0 aliphatic heterocycles. The van der Waals surface area contributed by atoms with Gasteiger partial charge in [0.1, 0.15) is 17.1 Å². The summed E-state index contributed by atoms with van der Waals surface area (Å²) in [5.41, 5.74) is 1.73. The van der Waals surface area contributed by atoms with Gasteiger partial charge in [-0.05, 0) is 42.5 Å². The Kier molecular flexibility index (Phi) is 3.88. The molecule has 2 aromatic carbocycles. The van der Waals surface area contributed by atoms with Crippen LogP contribution in [-0.4, -0.2) is 15.9 Å². The Morgan fingerprint density at radius 1 is 0.960 bits per heavy atom. The molecule has 122 valence electrons. The molecule has 0 atom stereocenters. The van der Waals surface area contributed by atoms with Crippen LogP contribution in [-0.2, 0) is 0 Å². The van der Waals surface area contributed by atoms with Crippen molar-refractivity contribution in [2.45, 2.75) is 0 Å². The zero-order valence-electron chi connectivity index (χ0n) is 13.3. The van der Waals surface area contributed by atoms with Crippen molar-refractivity contribution in [2.75, 3.05) is 5.32 Å². The van der Waals surface area contributed by atoms with Crippen LogP contribution in [0, 0.1) is 0 Å². The lowest BCUT2D eigenvalue weighted by atomic mass is 10.2. The minimum atomic E-state index is -0.248. The predicted octanol–water partition coefficient (Wildman–Crippen LogP) is 4.61. The zero-order chi connectivity index (χ0) is 17.1. The number of anilines is 1. The van der Waals surface area contributed by atoms with Gasteiger partial charge in [-0.2, -0.15) is 0 Å². The first-order valence-electron chi connectivity index (χ1n) is 7.86. The number of ether oxygens (including phenoxy) is 1. The molecule has 1 amide bonds. The van der Waals surface area contributed by atoms with Crippen LogP contribution < -0.4 is 10.1 Å². The van der Waals surface area contributed by atoms with Gasteiger partial charge in [-0.25, -0.2) is 4.98 Å². The van der Waals surface area contributed by atoms with Crippen molar-refractivity contribution in [3.05, 3.63) is 84.7 Å². The lowest BCUT2D eigenvalue weighted by Crippen LogP contribution is -2.12. The highest BCUT2D eigenvalue weighted by Crippen LogP contribution is 2.29. The molecular formula is C20H15N3O2. The van der Waals surface area contributed by atoms with E-state index in [2.05, 4.69) is 15.3 Å². The fourth-order valence-electron chi connectivity index (χ4n) is 2.54. The van der Waals surface area contributed by atoms with E-state index < -0.39 is 0 Å². The van der Waals surface area contributed by atoms with Gasteiger partial charge in [-0.3, -0.25) is 4.79 Å². The molecule has 0 aliphatic rings. The molecule has 0 radical (unpaired) electrons. The number of para-hydroxylation sites is 3. The maximum atomic E-state index is 12.6. The molecular weight excluding hydrogens is 314 g/mol. The van der Waals surface area contributed by atoms with E-state index in [-0.39, 0.29) is 5.91 Å². The normalized spacial score (nSPS) is 10.6. The van der Waals surface area contributed by atoms with Crippen molar-refractivity contribution < 1.29 is 9.53 Å². The van der Waals surface area contributed by atoms with E-state index in [1.165, 1.54) is 0 Å². The molecule has 0 saturated heterocycles. The Bertz CT molecular complexity index is 992. The molecule has 5 heteroatoms. The van der Waals surface area contributed by atoms with Gasteiger partial charge in [0.05, 0.1) is 5.69 Å². The molecule has 2 heterocycles. The summed E-state index contributed by atoms with van der Waals surface area (Å²) < 4.78 is 5.87. The Labute approximate surface area is 144 Å². The van der Waals surface area contributed by atoms with E-state index in [1.807, 2.05) is 60.7 Å². The summed E-state index contributed by atoms with van der Waals surface area (Å²) >= 11 is 0. The molecule has 4 rings (SSSR count). The van der Waals surface area contributed by atoms with Crippen molar-refractivity contribution >= 4 is 22.6 Å². The summed E-state index contributed by atoms with van der Waals surface area (Å²) in [6.07, 6.45) is 1.68.